The average Bonchev–Trinajstić information content (AvgIpc) is 2.91. The summed E-state index contributed by atoms with van der Waals surface area (Å²) in [5.41, 5.74) is 1.60. The molecular formula is C20H30ClN5O2. The van der Waals surface area contributed by atoms with Crippen LogP contribution in [0.3, 0.4) is 0 Å². The lowest BCUT2D eigenvalue weighted by Crippen LogP contribution is -2.50. The van der Waals surface area contributed by atoms with Gasteiger partial charge in [-0.25, -0.2) is 0 Å². The molecule has 154 valence electrons. The Balaban J connectivity index is 1.88. The van der Waals surface area contributed by atoms with E-state index in [-0.39, 0.29) is 11.8 Å². The molecule has 2 heterocycles. The van der Waals surface area contributed by atoms with Crippen molar-refractivity contribution in [2.45, 2.75) is 27.3 Å². The minimum atomic E-state index is -0.0529. The van der Waals surface area contributed by atoms with E-state index in [4.69, 9.17) is 11.6 Å². The zero-order chi connectivity index (χ0) is 20.7. The van der Waals surface area contributed by atoms with Crippen molar-refractivity contribution >= 4 is 29.5 Å². The lowest BCUT2D eigenvalue weighted by molar-refractivity contribution is -0.128. The van der Waals surface area contributed by atoms with Gasteiger partial charge in [-0.1, -0.05) is 31.5 Å². The molecule has 0 atom stereocenters. The van der Waals surface area contributed by atoms with Crippen molar-refractivity contribution < 1.29 is 9.59 Å². The molecule has 1 fully saturated rings. The first-order valence-electron chi connectivity index (χ1n) is 9.61. The van der Waals surface area contributed by atoms with Crippen LogP contribution in [0.4, 0.5) is 0 Å². The van der Waals surface area contributed by atoms with Gasteiger partial charge in [-0.3, -0.25) is 19.2 Å². The van der Waals surface area contributed by atoms with Gasteiger partial charge in [0.25, 0.3) is 0 Å². The number of amides is 2. The van der Waals surface area contributed by atoms with Crippen LogP contribution < -0.4 is 5.32 Å². The van der Waals surface area contributed by atoms with Crippen molar-refractivity contribution in [3.05, 3.63) is 35.1 Å². The Morgan fingerprint density at radius 2 is 1.96 bits per heavy atom. The molecule has 1 aliphatic rings. The number of halogens is 1. The average molecular weight is 408 g/mol. The predicted molar refractivity (Wildman–Crippen MR) is 112 cm³/mol. The number of carbonyl (C=O) groups is 2. The Morgan fingerprint density at radius 1 is 1.29 bits per heavy atom. The molecule has 8 heteroatoms. The van der Waals surface area contributed by atoms with Gasteiger partial charge in [0.1, 0.15) is 5.15 Å². The van der Waals surface area contributed by atoms with Crippen molar-refractivity contribution in [2.24, 2.45) is 5.92 Å². The largest absolute Gasteiger partial charge is 0.352 e. The van der Waals surface area contributed by atoms with Gasteiger partial charge in [-0.05, 0) is 18.9 Å². The first-order valence-corrected chi connectivity index (χ1v) is 9.99. The number of nitrogens with one attached hydrogen (secondary N) is 1. The Morgan fingerprint density at radius 3 is 2.57 bits per heavy atom. The monoisotopic (exact) mass is 407 g/mol. The normalized spacial score (nSPS) is 15.4. The molecule has 7 nitrogen and oxygen atoms in total. The van der Waals surface area contributed by atoms with Crippen molar-refractivity contribution in [3.8, 4) is 0 Å². The fraction of sp³-hybridized carbons (Fsp3) is 0.550. The highest BCUT2D eigenvalue weighted by Crippen LogP contribution is 2.22. The minimum Gasteiger partial charge on any atom is -0.352 e. The van der Waals surface area contributed by atoms with Gasteiger partial charge < -0.3 is 10.2 Å². The molecule has 2 amide bonds. The van der Waals surface area contributed by atoms with E-state index in [1.165, 1.54) is 0 Å². The molecule has 2 rings (SSSR count). The Labute approximate surface area is 172 Å². The molecular weight excluding hydrogens is 378 g/mol. The SMILES string of the molecule is C=CCNC(=O)CN1CCN(C(=O)C=Cc2c(C)nn(CC(C)C)c2Cl)CC1. The smallest absolute Gasteiger partial charge is 0.246 e. The topological polar surface area (TPSA) is 70.5 Å². The van der Waals surface area contributed by atoms with E-state index < -0.39 is 0 Å². The lowest BCUT2D eigenvalue weighted by atomic mass is 10.2. The lowest BCUT2D eigenvalue weighted by Gasteiger charge is -2.33. The zero-order valence-electron chi connectivity index (χ0n) is 16.9. The first-order chi connectivity index (χ1) is 13.3. The summed E-state index contributed by atoms with van der Waals surface area (Å²) in [6.07, 6.45) is 4.96. The molecule has 0 saturated carbocycles. The number of rotatable bonds is 8. The summed E-state index contributed by atoms with van der Waals surface area (Å²) in [7, 11) is 0. The number of aryl methyl sites for hydroxylation is 1. The van der Waals surface area contributed by atoms with Gasteiger partial charge >= 0.3 is 0 Å². The summed E-state index contributed by atoms with van der Waals surface area (Å²) >= 11 is 6.42. The number of piperazine rings is 1. The molecule has 1 saturated heterocycles. The molecule has 0 aromatic carbocycles. The van der Waals surface area contributed by atoms with E-state index in [0.717, 1.165) is 17.8 Å². The summed E-state index contributed by atoms with van der Waals surface area (Å²) in [5, 5.41) is 7.78. The van der Waals surface area contributed by atoms with Crippen LogP contribution >= 0.6 is 11.6 Å². The van der Waals surface area contributed by atoms with Crippen LogP contribution in [0.15, 0.2) is 18.7 Å². The number of carbonyl (C=O) groups excluding carboxylic acids is 2. The van der Waals surface area contributed by atoms with Gasteiger partial charge in [0.05, 0.1) is 12.2 Å². The van der Waals surface area contributed by atoms with Crippen LogP contribution in [-0.2, 0) is 16.1 Å². The van der Waals surface area contributed by atoms with Crippen LogP contribution in [0.2, 0.25) is 5.15 Å². The third-order valence-corrected chi connectivity index (χ3v) is 4.93. The number of hydrogen-bond donors (Lipinski definition) is 1. The van der Waals surface area contributed by atoms with E-state index in [2.05, 4.69) is 30.8 Å². The van der Waals surface area contributed by atoms with Gasteiger partial charge in [0.2, 0.25) is 11.8 Å². The summed E-state index contributed by atoms with van der Waals surface area (Å²) in [6.45, 7) is 13.8. The number of nitrogens with zero attached hydrogens (tertiary/aromatic N) is 4. The molecule has 0 spiro atoms. The van der Waals surface area contributed by atoms with Crippen molar-refractivity contribution in [1.29, 1.82) is 0 Å². The van der Waals surface area contributed by atoms with E-state index in [1.54, 1.807) is 27.8 Å². The summed E-state index contributed by atoms with van der Waals surface area (Å²) in [4.78, 5) is 28.1. The van der Waals surface area contributed by atoms with Crippen LogP contribution in [0.25, 0.3) is 6.08 Å². The molecule has 1 aromatic rings. The standard InChI is InChI=1S/C20H30ClN5O2/c1-5-8-22-18(27)14-24-9-11-25(12-10-24)19(28)7-6-17-16(4)23-26(20(17)21)13-15(2)3/h5-7,15H,1,8-14H2,2-4H3,(H,22,27). The Bertz CT molecular complexity index is 733. The molecule has 0 radical (unpaired) electrons. The highest BCUT2D eigenvalue weighted by atomic mass is 35.5. The maximum absolute atomic E-state index is 12.5. The Hall–Kier alpha value is -2.12. The van der Waals surface area contributed by atoms with Gasteiger partial charge in [-0.15, -0.1) is 6.58 Å². The maximum atomic E-state index is 12.5. The molecule has 1 aliphatic heterocycles. The van der Waals surface area contributed by atoms with Crippen LogP contribution in [0.5, 0.6) is 0 Å². The zero-order valence-corrected chi connectivity index (χ0v) is 17.7. The molecule has 28 heavy (non-hydrogen) atoms. The quantitative estimate of drug-likeness (QED) is 0.528. The van der Waals surface area contributed by atoms with Gasteiger partial charge in [-0.2, -0.15) is 5.10 Å². The third-order valence-electron chi connectivity index (χ3n) is 4.53. The van der Waals surface area contributed by atoms with E-state index in [9.17, 15) is 9.59 Å². The summed E-state index contributed by atoms with van der Waals surface area (Å²) in [6, 6.07) is 0. The fourth-order valence-corrected chi connectivity index (χ4v) is 3.36. The van der Waals surface area contributed by atoms with Crippen LogP contribution in [0.1, 0.15) is 25.1 Å². The second-order valence-corrected chi connectivity index (χ2v) is 7.75. The number of aromatic nitrogens is 2. The molecule has 0 unspecified atom stereocenters. The van der Waals surface area contributed by atoms with Crippen molar-refractivity contribution in [3.63, 3.8) is 0 Å². The van der Waals surface area contributed by atoms with Gasteiger partial charge in [0.15, 0.2) is 0 Å². The molecule has 0 bridgehead atoms. The van der Waals surface area contributed by atoms with Crippen molar-refractivity contribution in [2.75, 3.05) is 39.3 Å². The van der Waals surface area contributed by atoms with Crippen molar-refractivity contribution in [1.82, 2.24) is 24.9 Å². The highest BCUT2D eigenvalue weighted by Gasteiger charge is 2.21. The van der Waals surface area contributed by atoms with E-state index in [1.807, 2.05) is 11.8 Å². The van der Waals surface area contributed by atoms with E-state index in [0.29, 0.717) is 50.3 Å². The maximum Gasteiger partial charge on any atom is 0.246 e. The number of hydrogen-bond acceptors (Lipinski definition) is 4. The Kier molecular flexibility index (Phi) is 8.26. The first kappa shape index (κ1) is 22.2. The van der Waals surface area contributed by atoms with Crippen LogP contribution in [-0.4, -0.2) is 70.7 Å². The summed E-state index contributed by atoms with van der Waals surface area (Å²) < 4.78 is 1.78. The second-order valence-electron chi connectivity index (χ2n) is 7.39. The predicted octanol–water partition coefficient (Wildman–Crippen LogP) is 1.96. The molecule has 1 N–H and O–H groups in total. The van der Waals surface area contributed by atoms with E-state index >= 15 is 0 Å². The third kappa shape index (κ3) is 6.21. The highest BCUT2D eigenvalue weighted by molar-refractivity contribution is 6.31. The second kappa shape index (κ2) is 10.4. The van der Waals surface area contributed by atoms with Gasteiger partial charge in [0, 0.05) is 50.9 Å². The fourth-order valence-electron chi connectivity index (χ4n) is 3.05. The molecule has 1 aromatic heterocycles. The van der Waals surface area contributed by atoms with Crippen LogP contribution in [0, 0.1) is 12.8 Å². The molecule has 0 aliphatic carbocycles. The minimum absolute atomic E-state index is 0.0249. The summed E-state index contributed by atoms with van der Waals surface area (Å²) in [5.74, 6) is 0.358.